The molecule has 1 aromatic rings. The summed E-state index contributed by atoms with van der Waals surface area (Å²) >= 11 is 0. The van der Waals surface area contributed by atoms with E-state index >= 15 is 0 Å². The van der Waals surface area contributed by atoms with Gasteiger partial charge in [0.2, 0.25) is 5.95 Å². The van der Waals surface area contributed by atoms with Crippen LogP contribution < -0.4 is 5.32 Å². The quantitative estimate of drug-likeness (QED) is 0.771. The molecular weight excluding hydrogens is 178 g/mol. The number of hydrogen-bond acceptors (Lipinski definition) is 3. The molecule has 4 heteroatoms. The molecule has 1 saturated heterocycles. The van der Waals surface area contributed by atoms with E-state index in [2.05, 4.69) is 22.2 Å². The van der Waals surface area contributed by atoms with E-state index in [1.165, 1.54) is 6.42 Å². The molecule has 0 aromatic carbocycles. The van der Waals surface area contributed by atoms with Crippen molar-refractivity contribution in [3.8, 4) is 0 Å². The van der Waals surface area contributed by atoms with Crippen LogP contribution >= 0.6 is 0 Å². The molecule has 1 fully saturated rings. The van der Waals surface area contributed by atoms with E-state index in [1.807, 2.05) is 13.1 Å². The molecule has 2 rings (SSSR count). The Bertz CT molecular complexity index is 291. The summed E-state index contributed by atoms with van der Waals surface area (Å²) in [5.74, 6) is 0.838. The average molecular weight is 195 g/mol. The molecule has 0 radical (unpaired) electrons. The number of hydrogen-bond donors (Lipinski definition) is 2. The van der Waals surface area contributed by atoms with Crippen molar-refractivity contribution >= 4 is 5.95 Å². The number of imidazole rings is 1. The van der Waals surface area contributed by atoms with Gasteiger partial charge in [0.05, 0.1) is 12.1 Å². The Labute approximate surface area is 84.1 Å². The summed E-state index contributed by atoms with van der Waals surface area (Å²) in [6.07, 6.45) is 4.48. The molecule has 14 heavy (non-hydrogen) atoms. The number of H-pyrrole nitrogens is 1. The van der Waals surface area contributed by atoms with E-state index in [1.54, 1.807) is 0 Å². The molecule has 1 aliphatic rings. The highest BCUT2D eigenvalue weighted by atomic mass is 16.5. The normalized spacial score (nSPS) is 23.7. The minimum Gasteiger partial charge on any atom is -0.376 e. The third-order valence-electron chi connectivity index (χ3n) is 2.59. The molecule has 0 bridgehead atoms. The van der Waals surface area contributed by atoms with Crippen molar-refractivity contribution in [3.63, 3.8) is 0 Å². The van der Waals surface area contributed by atoms with E-state index < -0.39 is 0 Å². The lowest BCUT2D eigenvalue weighted by atomic mass is 10.1. The number of nitrogens with zero attached hydrogens (tertiary/aromatic N) is 1. The maximum absolute atomic E-state index is 5.59. The molecule has 1 aromatic heterocycles. The van der Waals surface area contributed by atoms with E-state index in [0.29, 0.717) is 12.1 Å². The van der Waals surface area contributed by atoms with Gasteiger partial charge in [0.25, 0.3) is 0 Å². The molecule has 2 N–H and O–H groups in total. The molecule has 4 nitrogen and oxygen atoms in total. The second-order valence-corrected chi connectivity index (χ2v) is 3.90. The summed E-state index contributed by atoms with van der Waals surface area (Å²) < 4.78 is 5.59. The Kier molecular flexibility index (Phi) is 2.72. The van der Waals surface area contributed by atoms with Crippen LogP contribution in [0.3, 0.4) is 0 Å². The number of aromatic nitrogens is 2. The Balaban J connectivity index is 1.90. The lowest BCUT2D eigenvalue weighted by molar-refractivity contribution is 0.0995. The predicted molar refractivity (Wildman–Crippen MR) is 55.4 cm³/mol. The van der Waals surface area contributed by atoms with Crippen molar-refractivity contribution in [2.24, 2.45) is 0 Å². The minimum absolute atomic E-state index is 0.322. The van der Waals surface area contributed by atoms with Crippen molar-refractivity contribution in [1.29, 1.82) is 0 Å². The zero-order chi connectivity index (χ0) is 9.97. The van der Waals surface area contributed by atoms with Gasteiger partial charge in [0.1, 0.15) is 0 Å². The highest BCUT2D eigenvalue weighted by Crippen LogP contribution is 2.17. The van der Waals surface area contributed by atoms with Crippen LogP contribution in [0.15, 0.2) is 6.20 Å². The SMILES string of the molecule is Cc1cnc(NC(C)C2CCCO2)[nH]1. The van der Waals surface area contributed by atoms with Gasteiger partial charge in [-0.3, -0.25) is 0 Å². The number of rotatable bonds is 3. The summed E-state index contributed by atoms with van der Waals surface area (Å²) in [6, 6.07) is 0.322. The summed E-state index contributed by atoms with van der Waals surface area (Å²) in [4.78, 5) is 7.36. The number of nitrogens with one attached hydrogen (secondary N) is 2. The van der Waals surface area contributed by atoms with Crippen LogP contribution in [-0.2, 0) is 4.74 Å². The third-order valence-corrected chi connectivity index (χ3v) is 2.59. The number of aromatic amines is 1. The van der Waals surface area contributed by atoms with Crippen molar-refractivity contribution in [1.82, 2.24) is 9.97 Å². The molecule has 2 unspecified atom stereocenters. The third kappa shape index (κ3) is 2.07. The first-order valence-corrected chi connectivity index (χ1v) is 5.15. The first kappa shape index (κ1) is 9.52. The van der Waals surface area contributed by atoms with Gasteiger partial charge in [0, 0.05) is 18.5 Å². The highest BCUT2D eigenvalue weighted by Gasteiger charge is 2.22. The van der Waals surface area contributed by atoms with Crippen LogP contribution in [-0.4, -0.2) is 28.7 Å². The Morgan fingerprint density at radius 1 is 1.71 bits per heavy atom. The highest BCUT2D eigenvalue weighted by molar-refractivity contribution is 5.27. The van der Waals surface area contributed by atoms with Gasteiger partial charge in [-0.05, 0) is 26.7 Å². The van der Waals surface area contributed by atoms with E-state index in [-0.39, 0.29) is 0 Å². The number of ether oxygens (including phenoxy) is 1. The van der Waals surface area contributed by atoms with Gasteiger partial charge in [-0.2, -0.15) is 0 Å². The van der Waals surface area contributed by atoms with Gasteiger partial charge in [-0.1, -0.05) is 0 Å². The second-order valence-electron chi connectivity index (χ2n) is 3.90. The molecule has 78 valence electrons. The van der Waals surface area contributed by atoms with Crippen molar-refractivity contribution in [3.05, 3.63) is 11.9 Å². The minimum atomic E-state index is 0.322. The van der Waals surface area contributed by atoms with Gasteiger partial charge in [-0.15, -0.1) is 0 Å². The predicted octanol–water partition coefficient (Wildman–Crippen LogP) is 1.70. The molecule has 2 heterocycles. The molecule has 0 aliphatic carbocycles. The van der Waals surface area contributed by atoms with E-state index in [4.69, 9.17) is 4.74 Å². The smallest absolute Gasteiger partial charge is 0.200 e. The maximum Gasteiger partial charge on any atom is 0.200 e. The number of anilines is 1. The first-order chi connectivity index (χ1) is 6.75. The lowest BCUT2D eigenvalue weighted by Crippen LogP contribution is -2.30. The van der Waals surface area contributed by atoms with E-state index in [9.17, 15) is 0 Å². The van der Waals surface area contributed by atoms with Crippen LogP contribution in [0, 0.1) is 6.92 Å². The van der Waals surface area contributed by atoms with Crippen molar-refractivity contribution < 1.29 is 4.74 Å². The van der Waals surface area contributed by atoms with Crippen LogP contribution in [0.5, 0.6) is 0 Å². The van der Waals surface area contributed by atoms with Gasteiger partial charge >= 0.3 is 0 Å². The Hall–Kier alpha value is -1.03. The second kappa shape index (κ2) is 4.00. The fraction of sp³-hybridized carbons (Fsp3) is 0.700. The Morgan fingerprint density at radius 3 is 3.14 bits per heavy atom. The average Bonchev–Trinajstić information content (AvgIpc) is 2.75. The van der Waals surface area contributed by atoms with Crippen LogP contribution in [0.2, 0.25) is 0 Å². The summed E-state index contributed by atoms with van der Waals surface area (Å²) in [6.45, 7) is 5.02. The molecule has 0 amide bonds. The standard InChI is InChI=1S/C10H17N3O/c1-7-6-11-10(12-7)13-8(2)9-4-3-5-14-9/h6,8-9H,3-5H2,1-2H3,(H2,11,12,13). The summed E-state index contributed by atoms with van der Waals surface area (Å²) in [5.41, 5.74) is 1.08. The van der Waals surface area contributed by atoms with Gasteiger partial charge in [-0.25, -0.2) is 4.98 Å². The fourth-order valence-electron chi connectivity index (χ4n) is 1.79. The fourth-order valence-corrected chi connectivity index (χ4v) is 1.79. The zero-order valence-electron chi connectivity index (χ0n) is 8.71. The monoisotopic (exact) mass is 195 g/mol. The van der Waals surface area contributed by atoms with Crippen molar-refractivity contribution in [2.75, 3.05) is 11.9 Å². The summed E-state index contributed by atoms with van der Waals surface area (Å²) in [7, 11) is 0. The largest absolute Gasteiger partial charge is 0.376 e. The lowest BCUT2D eigenvalue weighted by Gasteiger charge is -2.19. The zero-order valence-corrected chi connectivity index (χ0v) is 8.71. The van der Waals surface area contributed by atoms with Gasteiger partial charge < -0.3 is 15.0 Å². The van der Waals surface area contributed by atoms with Crippen molar-refractivity contribution in [2.45, 2.75) is 38.8 Å². The molecule has 0 spiro atoms. The van der Waals surface area contributed by atoms with Crippen LogP contribution in [0.4, 0.5) is 5.95 Å². The molecule has 1 aliphatic heterocycles. The summed E-state index contributed by atoms with van der Waals surface area (Å²) in [5, 5.41) is 3.31. The van der Waals surface area contributed by atoms with Gasteiger partial charge in [0.15, 0.2) is 0 Å². The molecular formula is C10H17N3O. The Morgan fingerprint density at radius 2 is 2.57 bits per heavy atom. The van der Waals surface area contributed by atoms with E-state index in [0.717, 1.165) is 24.7 Å². The van der Waals surface area contributed by atoms with Crippen LogP contribution in [0.1, 0.15) is 25.5 Å². The molecule has 2 atom stereocenters. The maximum atomic E-state index is 5.59. The molecule has 0 saturated carbocycles. The topological polar surface area (TPSA) is 49.9 Å². The van der Waals surface area contributed by atoms with Crippen LogP contribution in [0.25, 0.3) is 0 Å². The number of aryl methyl sites for hydroxylation is 1. The first-order valence-electron chi connectivity index (χ1n) is 5.15.